The normalized spacial score (nSPS) is 10.7. The lowest BCUT2D eigenvalue weighted by atomic mass is 10.1. The minimum Gasteiger partial charge on any atom is -0.408 e. The van der Waals surface area contributed by atoms with E-state index in [9.17, 15) is 9.59 Å². The van der Waals surface area contributed by atoms with E-state index in [1.54, 1.807) is 6.07 Å². The van der Waals surface area contributed by atoms with E-state index in [1.165, 1.54) is 0 Å². The quantitative estimate of drug-likeness (QED) is 0.805. The Morgan fingerprint density at radius 3 is 3.06 bits per heavy atom. The molecule has 0 aliphatic heterocycles. The largest absolute Gasteiger partial charge is 0.417 e. The second-order valence-corrected chi connectivity index (χ2v) is 4.26. The van der Waals surface area contributed by atoms with Crippen LogP contribution in [0.15, 0.2) is 27.4 Å². The Labute approximate surface area is 108 Å². The van der Waals surface area contributed by atoms with Crippen LogP contribution in [0.1, 0.15) is 12.0 Å². The van der Waals surface area contributed by atoms with Gasteiger partial charge in [0.25, 0.3) is 0 Å². The number of aromatic nitrogens is 1. The van der Waals surface area contributed by atoms with Gasteiger partial charge in [0, 0.05) is 18.8 Å². The van der Waals surface area contributed by atoms with Crippen LogP contribution in [-0.4, -0.2) is 23.3 Å². The zero-order valence-corrected chi connectivity index (χ0v) is 10.4. The molecule has 0 aliphatic carbocycles. The molecular formula is C12H13ClN2O3. The maximum atomic E-state index is 11.2. The van der Waals surface area contributed by atoms with Crippen LogP contribution >= 0.6 is 11.6 Å². The SMILES string of the molecule is O=C(CCCl)NCCc1ccc2oc(=O)[nH]c2c1. The van der Waals surface area contributed by atoms with Crippen molar-refractivity contribution in [2.75, 3.05) is 12.4 Å². The third-order valence-corrected chi connectivity index (χ3v) is 2.73. The zero-order valence-electron chi connectivity index (χ0n) is 9.66. The highest BCUT2D eigenvalue weighted by atomic mass is 35.5. The van der Waals surface area contributed by atoms with Crippen molar-refractivity contribution < 1.29 is 9.21 Å². The third-order valence-electron chi connectivity index (χ3n) is 2.54. The Bertz CT molecular complexity index is 603. The Hall–Kier alpha value is -1.75. The van der Waals surface area contributed by atoms with Gasteiger partial charge >= 0.3 is 5.76 Å². The fourth-order valence-corrected chi connectivity index (χ4v) is 1.85. The van der Waals surface area contributed by atoms with Crippen LogP contribution in [0.25, 0.3) is 11.1 Å². The molecule has 0 saturated heterocycles. The molecule has 0 spiro atoms. The van der Waals surface area contributed by atoms with Gasteiger partial charge in [-0.15, -0.1) is 11.6 Å². The van der Waals surface area contributed by atoms with E-state index in [-0.39, 0.29) is 5.91 Å². The van der Waals surface area contributed by atoms with Crippen LogP contribution in [0, 0.1) is 0 Å². The van der Waals surface area contributed by atoms with E-state index in [2.05, 4.69) is 10.3 Å². The summed E-state index contributed by atoms with van der Waals surface area (Å²) < 4.78 is 4.90. The van der Waals surface area contributed by atoms with Gasteiger partial charge in [-0.25, -0.2) is 4.79 Å². The molecule has 1 aromatic heterocycles. The number of carbonyl (C=O) groups excluding carboxylic acids is 1. The first-order valence-electron chi connectivity index (χ1n) is 5.63. The van der Waals surface area contributed by atoms with Crippen molar-refractivity contribution >= 4 is 28.6 Å². The van der Waals surface area contributed by atoms with Crippen LogP contribution < -0.4 is 11.1 Å². The lowest BCUT2D eigenvalue weighted by molar-refractivity contribution is -0.120. The predicted octanol–water partition coefficient (Wildman–Crippen LogP) is 1.41. The summed E-state index contributed by atoms with van der Waals surface area (Å²) in [7, 11) is 0. The molecule has 2 rings (SSSR count). The number of rotatable bonds is 5. The number of fused-ring (bicyclic) bond motifs is 1. The first kappa shape index (κ1) is 12.7. The number of aromatic amines is 1. The maximum Gasteiger partial charge on any atom is 0.417 e. The van der Waals surface area contributed by atoms with Gasteiger partial charge in [0.2, 0.25) is 5.91 Å². The summed E-state index contributed by atoms with van der Waals surface area (Å²) in [6.07, 6.45) is 1.02. The van der Waals surface area contributed by atoms with Crippen molar-refractivity contribution in [1.82, 2.24) is 10.3 Å². The van der Waals surface area contributed by atoms with E-state index in [1.807, 2.05) is 12.1 Å². The second kappa shape index (κ2) is 5.73. The van der Waals surface area contributed by atoms with Gasteiger partial charge in [-0.2, -0.15) is 0 Å². The topological polar surface area (TPSA) is 75.1 Å². The molecule has 6 heteroatoms. The third kappa shape index (κ3) is 3.13. The molecule has 0 atom stereocenters. The lowest BCUT2D eigenvalue weighted by Gasteiger charge is -2.04. The van der Waals surface area contributed by atoms with Gasteiger partial charge in [0.05, 0.1) is 5.52 Å². The summed E-state index contributed by atoms with van der Waals surface area (Å²) in [5, 5.41) is 2.77. The van der Waals surface area contributed by atoms with Crippen molar-refractivity contribution in [3.05, 3.63) is 34.3 Å². The minimum atomic E-state index is -0.461. The molecular weight excluding hydrogens is 256 g/mol. The predicted molar refractivity (Wildman–Crippen MR) is 68.9 cm³/mol. The second-order valence-electron chi connectivity index (χ2n) is 3.88. The summed E-state index contributed by atoms with van der Waals surface area (Å²) in [6, 6.07) is 5.45. The van der Waals surface area contributed by atoms with Crippen LogP contribution in [0.3, 0.4) is 0 Å². The summed E-state index contributed by atoms with van der Waals surface area (Å²) in [5.41, 5.74) is 2.23. The zero-order chi connectivity index (χ0) is 13.0. The molecule has 1 amide bonds. The van der Waals surface area contributed by atoms with E-state index in [0.29, 0.717) is 36.4 Å². The minimum absolute atomic E-state index is 0.0530. The monoisotopic (exact) mass is 268 g/mol. The highest BCUT2D eigenvalue weighted by molar-refractivity contribution is 6.18. The van der Waals surface area contributed by atoms with Gasteiger partial charge in [-0.3, -0.25) is 9.78 Å². The number of alkyl halides is 1. The smallest absolute Gasteiger partial charge is 0.408 e. The molecule has 1 heterocycles. The molecule has 0 aliphatic rings. The number of hydrogen-bond acceptors (Lipinski definition) is 3. The van der Waals surface area contributed by atoms with Crippen LogP contribution in [-0.2, 0) is 11.2 Å². The van der Waals surface area contributed by atoms with Gasteiger partial charge in [-0.05, 0) is 24.1 Å². The standard InChI is InChI=1S/C12H13ClN2O3/c13-5-3-11(16)14-6-4-8-1-2-10-9(7-8)15-12(17)18-10/h1-2,7H,3-6H2,(H,14,16)(H,15,17). The van der Waals surface area contributed by atoms with Gasteiger partial charge in [-0.1, -0.05) is 6.07 Å². The highest BCUT2D eigenvalue weighted by Crippen LogP contribution is 2.12. The Morgan fingerprint density at radius 1 is 1.44 bits per heavy atom. The molecule has 1 aromatic carbocycles. The summed E-state index contributed by atoms with van der Waals surface area (Å²) in [4.78, 5) is 24.8. The van der Waals surface area contributed by atoms with Gasteiger partial charge < -0.3 is 9.73 Å². The van der Waals surface area contributed by atoms with Crippen molar-refractivity contribution in [2.45, 2.75) is 12.8 Å². The Kier molecular flexibility index (Phi) is 4.04. The molecule has 18 heavy (non-hydrogen) atoms. The Morgan fingerprint density at radius 2 is 2.28 bits per heavy atom. The molecule has 0 bridgehead atoms. The molecule has 0 radical (unpaired) electrons. The lowest BCUT2D eigenvalue weighted by Crippen LogP contribution is -2.25. The van der Waals surface area contributed by atoms with Crippen molar-refractivity contribution in [3.8, 4) is 0 Å². The van der Waals surface area contributed by atoms with Crippen LogP contribution in [0.5, 0.6) is 0 Å². The summed E-state index contributed by atoms with van der Waals surface area (Å²) in [6.45, 7) is 0.545. The van der Waals surface area contributed by atoms with Crippen molar-refractivity contribution in [1.29, 1.82) is 0 Å². The van der Waals surface area contributed by atoms with Crippen molar-refractivity contribution in [2.24, 2.45) is 0 Å². The van der Waals surface area contributed by atoms with Crippen LogP contribution in [0.2, 0.25) is 0 Å². The average molecular weight is 269 g/mol. The van der Waals surface area contributed by atoms with Gasteiger partial charge in [0.15, 0.2) is 5.58 Å². The fourth-order valence-electron chi connectivity index (χ4n) is 1.68. The number of nitrogens with one attached hydrogen (secondary N) is 2. The van der Waals surface area contributed by atoms with Crippen molar-refractivity contribution in [3.63, 3.8) is 0 Å². The molecule has 2 N–H and O–H groups in total. The molecule has 0 fully saturated rings. The van der Waals surface area contributed by atoms with Crippen LogP contribution in [0.4, 0.5) is 0 Å². The number of H-pyrrole nitrogens is 1. The number of halogens is 1. The molecule has 0 saturated carbocycles. The number of amides is 1. The number of benzene rings is 1. The van der Waals surface area contributed by atoms with Gasteiger partial charge in [0.1, 0.15) is 0 Å². The van der Waals surface area contributed by atoms with E-state index < -0.39 is 5.76 Å². The summed E-state index contributed by atoms with van der Waals surface area (Å²) >= 11 is 5.46. The van der Waals surface area contributed by atoms with E-state index >= 15 is 0 Å². The van der Waals surface area contributed by atoms with E-state index in [4.69, 9.17) is 16.0 Å². The fraction of sp³-hybridized carbons (Fsp3) is 0.333. The molecule has 5 nitrogen and oxygen atoms in total. The molecule has 2 aromatic rings. The first-order chi connectivity index (χ1) is 8.69. The first-order valence-corrected chi connectivity index (χ1v) is 6.17. The number of oxazole rings is 1. The number of hydrogen-bond donors (Lipinski definition) is 2. The molecule has 0 unspecified atom stereocenters. The number of carbonyl (C=O) groups is 1. The maximum absolute atomic E-state index is 11.2. The average Bonchev–Trinajstić information content (AvgIpc) is 2.69. The highest BCUT2D eigenvalue weighted by Gasteiger charge is 2.03. The summed E-state index contributed by atoms with van der Waals surface area (Å²) in [5.74, 6) is -0.186. The molecule has 96 valence electrons. The Balaban J connectivity index is 1.95. The van der Waals surface area contributed by atoms with E-state index in [0.717, 1.165) is 5.56 Å².